The Morgan fingerprint density at radius 3 is 2.61 bits per heavy atom. The molecule has 0 unspecified atom stereocenters. The Bertz CT molecular complexity index is 1490. The van der Waals surface area contributed by atoms with E-state index in [2.05, 4.69) is 43.6 Å². The molecule has 1 saturated heterocycles. The number of hydrogen-bond acceptors (Lipinski definition) is 8. The lowest BCUT2D eigenvalue weighted by Crippen LogP contribution is -2.37. The molecule has 190 valence electrons. The predicted molar refractivity (Wildman–Crippen MR) is 138 cm³/mol. The first kappa shape index (κ1) is 24.3. The molecule has 10 nitrogen and oxygen atoms in total. The highest BCUT2D eigenvalue weighted by Crippen LogP contribution is 2.35. The van der Waals surface area contributed by atoms with Gasteiger partial charge in [0.2, 0.25) is 21.8 Å². The summed E-state index contributed by atoms with van der Waals surface area (Å²) in [6.07, 6.45) is 7.51. The Morgan fingerprint density at radius 1 is 1.11 bits per heavy atom. The van der Waals surface area contributed by atoms with E-state index in [-0.39, 0.29) is 11.6 Å². The molecule has 1 fully saturated rings. The Hall–Kier alpha value is -3.44. The van der Waals surface area contributed by atoms with Crippen LogP contribution in [0.15, 0.2) is 41.2 Å². The highest BCUT2D eigenvalue weighted by atomic mass is 32.2. The number of likely N-dealkylation sites (tertiary alicyclic amines) is 1. The van der Waals surface area contributed by atoms with Crippen molar-refractivity contribution in [2.75, 3.05) is 31.2 Å². The molecule has 1 aliphatic rings. The number of methoxy groups -OCH3 is 1. The summed E-state index contributed by atoms with van der Waals surface area (Å²) in [6, 6.07) is 5.57. The van der Waals surface area contributed by atoms with Gasteiger partial charge in [-0.25, -0.2) is 18.4 Å². The first-order valence-electron chi connectivity index (χ1n) is 11.8. The van der Waals surface area contributed by atoms with Crippen LogP contribution < -0.4 is 9.46 Å². The number of aromatic amines is 1. The monoisotopic (exact) mass is 510 g/mol. The van der Waals surface area contributed by atoms with Crippen LogP contribution in [0.1, 0.15) is 26.0 Å². The first-order chi connectivity index (χ1) is 17.2. The Morgan fingerprint density at radius 2 is 1.89 bits per heavy atom. The number of anilines is 1. The van der Waals surface area contributed by atoms with E-state index >= 15 is 0 Å². The number of H-pyrrole nitrogens is 1. The number of ether oxygens (including phenoxy) is 1. The molecular formula is C25H30N6O4S. The molecule has 4 heterocycles. The van der Waals surface area contributed by atoms with Crippen molar-refractivity contribution in [3.63, 3.8) is 0 Å². The van der Waals surface area contributed by atoms with Crippen LogP contribution in [0, 0.1) is 11.8 Å². The zero-order chi connectivity index (χ0) is 25.4. The van der Waals surface area contributed by atoms with Crippen LogP contribution in [0.4, 0.5) is 5.69 Å². The molecule has 3 aromatic heterocycles. The lowest BCUT2D eigenvalue weighted by atomic mass is 9.92. The number of benzene rings is 1. The van der Waals surface area contributed by atoms with Crippen molar-refractivity contribution in [1.29, 1.82) is 0 Å². The van der Waals surface area contributed by atoms with E-state index in [1.54, 1.807) is 24.7 Å². The molecule has 2 N–H and O–H groups in total. The standard InChI is InChI=1S/C25H30N6O4S/c1-15-5-16(2)13-31(12-15)14-19-10-27-24(35-19)20-6-17(7-22-21(20)11-28-29-22)18-8-23(30-36(4,32)33)25(34-3)26-9-18/h6-11,15-16,30H,5,12-14H2,1-4H3,(H,28,29)/t15-,16+. The topological polar surface area (TPSA) is 126 Å². The zero-order valence-electron chi connectivity index (χ0n) is 20.8. The van der Waals surface area contributed by atoms with Gasteiger partial charge in [0.25, 0.3) is 0 Å². The van der Waals surface area contributed by atoms with Crippen LogP contribution in [0.25, 0.3) is 33.5 Å². The van der Waals surface area contributed by atoms with Crippen LogP contribution in [0.5, 0.6) is 5.88 Å². The molecule has 0 radical (unpaired) electrons. The molecule has 1 aromatic carbocycles. The van der Waals surface area contributed by atoms with Crippen molar-refractivity contribution < 1.29 is 17.6 Å². The molecular weight excluding hydrogens is 480 g/mol. The summed E-state index contributed by atoms with van der Waals surface area (Å²) in [6.45, 7) is 7.41. The van der Waals surface area contributed by atoms with Crippen LogP contribution in [-0.4, -0.2) is 59.9 Å². The minimum Gasteiger partial charge on any atom is -0.480 e. The Balaban J connectivity index is 1.50. The van der Waals surface area contributed by atoms with Crippen LogP contribution >= 0.6 is 0 Å². The number of rotatable bonds is 7. The summed E-state index contributed by atoms with van der Waals surface area (Å²) in [5, 5.41) is 8.09. The van der Waals surface area contributed by atoms with Crippen molar-refractivity contribution in [2.24, 2.45) is 11.8 Å². The fraction of sp³-hybridized carbons (Fsp3) is 0.400. The summed E-state index contributed by atoms with van der Waals surface area (Å²) in [4.78, 5) is 11.3. The minimum absolute atomic E-state index is 0.186. The molecule has 0 amide bonds. The highest BCUT2D eigenvalue weighted by Gasteiger charge is 2.23. The third-order valence-electron chi connectivity index (χ3n) is 6.34. The molecule has 0 spiro atoms. The number of oxazole rings is 1. The fourth-order valence-corrected chi connectivity index (χ4v) is 5.63. The van der Waals surface area contributed by atoms with Gasteiger partial charge < -0.3 is 9.15 Å². The number of fused-ring (bicyclic) bond motifs is 1. The molecule has 0 bridgehead atoms. The maximum atomic E-state index is 11.8. The van der Waals surface area contributed by atoms with E-state index in [1.807, 2.05) is 12.1 Å². The highest BCUT2D eigenvalue weighted by molar-refractivity contribution is 7.92. The van der Waals surface area contributed by atoms with Crippen molar-refractivity contribution in [3.8, 4) is 28.5 Å². The Kier molecular flexibility index (Phi) is 6.44. The number of aromatic nitrogens is 4. The third-order valence-corrected chi connectivity index (χ3v) is 6.93. The SMILES string of the molecule is COc1ncc(-c2cc(-c3ncc(CN4C[C@H](C)C[C@H](C)C4)o3)c3cn[nH]c3c2)cc1NS(C)(=O)=O. The molecule has 5 rings (SSSR count). The van der Waals surface area contributed by atoms with Gasteiger partial charge in [-0.2, -0.15) is 5.10 Å². The quantitative estimate of drug-likeness (QED) is 0.380. The van der Waals surface area contributed by atoms with E-state index in [1.165, 1.54) is 13.5 Å². The van der Waals surface area contributed by atoms with E-state index in [0.717, 1.165) is 53.7 Å². The number of sulfonamides is 1. The maximum Gasteiger partial charge on any atom is 0.238 e. The first-order valence-corrected chi connectivity index (χ1v) is 13.7. The number of pyridine rings is 1. The van der Waals surface area contributed by atoms with Crippen molar-refractivity contribution in [3.05, 3.63) is 42.5 Å². The number of nitrogens with one attached hydrogen (secondary N) is 2. The molecule has 36 heavy (non-hydrogen) atoms. The van der Waals surface area contributed by atoms with Gasteiger partial charge in [-0.05, 0) is 42.0 Å². The average Bonchev–Trinajstić information content (AvgIpc) is 3.46. The zero-order valence-corrected chi connectivity index (χ0v) is 21.6. The van der Waals surface area contributed by atoms with Crippen molar-refractivity contribution in [2.45, 2.75) is 26.8 Å². The van der Waals surface area contributed by atoms with Crippen LogP contribution in [0.2, 0.25) is 0 Å². The van der Waals surface area contributed by atoms with Gasteiger partial charge in [-0.15, -0.1) is 0 Å². The Labute approximate surface area is 210 Å². The van der Waals surface area contributed by atoms with Gasteiger partial charge in [-0.1, -0.05) is 13.8 Å². The molecule has 2 atom stereocenters. The average molecular weight is 511 g/mol. The fourth-order valence-electron chi connectivity index (χ4n) is 5.09. The second-order valence-corrected chi connectivity index (χ2v) is 11.5. The van der Waals surface area contributed by atoms with Crippen LogP contribution in [-0.2, 0) is 16.6 Å². The van der Waals surface area contributed by atoms with Crippen molar-refractivity contribution in [1.82, 2.24) is 25.1 Å². The van der Waals surface area contributed by atoms with Gasteiger partial charge >= 0.3 is 0 Å². The molecule has 0 aliphatic carbocycles. The third kappa shape index (κ3) is 5.21. The molecule has 4 aromatic rings. The second-order valence-electron chi connectivity index (χ2n) is 9.78. The van der Waals surface area contributed by atoms with Crippen LogP contribution in [0.3, 0.4) is 0 Å². The lowest BCUT2D eigenvalue weighted by Gasteiger charge is -2.34. The van der Waals surface area contributed by atoms with Gasteiger partial charge in [0.15, 0.2) is 0 Å². The van der Waals surface area contributed by atoms with Gasteiger partial charge in [0.1, 0.15) is 11.4 Å². The normalized spacial score (nSPS) is 19.0. The summed E-state index contributed by atoms with van der Waals surface area (Å²) in [7, 11) is -2.08. The van der Waals surface area contributed by atoms with E-state index < -0.39 is 10.0 Å². The molecule has 11 heteroatoms. The second kappa shape index (κ2) is 9.55. The van der Waals surface area contributed by atoms with Gasteiger partial charge in [-0.3, -0.25) is 14.7 Å². The van der Waals surface area contributed by atoms with Gasteiger partial charge in [0.05, 0.1) is 37.8 Å². The van der Waals surface area contributed by atoms with E-state index in [9.17, 15) is 8.42 Å². The lowest BCUT2D eigenvalue weighted by molar-refractivity contribution is 0.126. The van der Waals surface area contributed by atoms with Crippen molar-refractivity contribution >= 4 is 26.6 Å². The summed E-state index contributed by atoms with van der Waals surface area (Å²) in [5.74, 6) is 2.84. The smallest absolute Gasteiger partial charge is 0.238 e. The predicted octanol–water partition coefficient (Wildman–Crippen LogP) is 4.14. The number of piperidine rings is 1. The summed E-state index contributed by atoms with van der Waals surface area (Å²) < 4.78 is 37.6. The number of nitrogens with zero attached hydrogens (tertiary/aromatic N) is 4. The summed E-state index contributed by atoms with van der Waals surface area (Å²) in [5.41, 5.74) is 3.34. The van der Waals surface area contributed by atoms with Gasteiger partial charge in [0, 0.05) is 35.8 Å². The number of hydrogen-bond donors (Lipinski definition) is 2. The van der Waals surface area contributed by atoms with E-state index in [0.29, 0.717) is 23.3 Å². The molecule has 0 saturated carbocycles. The maximum absolute atomic E-state index is 11.8. The summed E-state index contributed by atoms with van der Waals surface area (Å²) >= 11 is 0. The largest absolute Gasteiger partial charge is 0.480 e. The van der Waals surface area contributed by atoms with E-state index in [4.69, 9.17) is 9.15 Å². The molecule has 1 aliphatic heterocycles. The minimum atomic E-state index is -3.52.